The van der Waals surface area contributed by atoms with Gasteiger partial charge in [-0.15, -0.1) is 6.58 Å². The second kappa shape index (κ2) is 4.99. The van der Waals surface area contributed by atoms with Crippen LogP contribution in [0.5, 0.6) is 0 Å². The van der Waals surface area contributed by atoms with E-state index in [9.17, 15) is 0 Å². The summed E-state index contributed by atoms with van der Waals surface area (Å²) < 4.78 is 0. The van der Waals surface area contributed by atoms with Crippen molar-refractivity contribution in [3.8, 4) is 0 Å². The Morgan fingerprint density at radius 3 is 2.62 bits per heavy atom. The van der Waals surface area contributed by atoms with Crippen LogP contribution in [0, 0.1) is 34.5 Å². The predicted octanol–water partition coefficient (Wildman–Crippen LogP) is 6.62. The van der Waals surface area contributed by atoms with Gasteiger partial charge in [0.05, 0.1) is 0 Å². The highest BCUT2D eigenvalue weighted by molar-refractivity contribution is 5.49. The summed E-state index contributed by atoms with van der Waals surface area (Å²) in [5.41, 5.74) is 5.90. The van der Waals surface area contributed by atoms with Crippen molar-refractivity contribution in [2.45, 2.75) is 65.2 Å². The van der Waals surface area contributed by atoms with E-state index in [4.69, 9.17) is 0 Å². The fraction of sp³-hybridized carbons (Fsp3) is 0.667. The van der Waals surface area contributed by atoms with E-state index in [1.54, 1.807) is 16.7 Å². The number of rotatable bonds is 1. The first-order chi connectivity index (χ1) is 11.6. The average Bonchev–Trinajstić information content (AvgIpc) is 3.36. The Morgan fingerprint density at radius 1 is 1.04 bits per heavy atom. The van der Waals surface area contributed by atoms with Gasteiger partial charge < -0.3 is 0 Å². The van der Waals surface area contributed by atoms with Gasteiger partial charge in [-0.3, -0.25) is 0 Å². The summed E-state index contributed by atoms with van der Waals surface area (Å²) >= 11 is 0. The predicted molar refractivity (Wildman–Crippen MR) is 102 cm³/mol. The van der Waals surface area contributed by atoms with Crippen LogP contribution < -0.4 is 0 Å². The molecule has 0 aromatic heterocycles. The molecule has 4 fully saturated rings. The van der Waals surface area contributed by atoms with Crippen molar-refractivity contribution >= 4 is 0 Å². The van der Waals surface area contributed by atoms with Crippen LogP contribution in [0.1, 0.15) is 65.2 Å². The highest BCUT2D eigenvalue weighted by Crippen LogP contribution is 2.66. The zero-order valence-corrected chi connectivity index (χ0v) is 15.5. The van der Waals surface area contributed by atoms with Crippen molar-refractivity contribution in [2.24, 2.45) is 34.5 Å². The molecule has 0 nitrogen and oxygen atoms in total. The Hall–Kier alpha value is -1.04. The fourth-order valence-electron chi connectivity index (χ4n) is 7.22. The molecule has 0 radical (unpaired) electrons. The Balaban J connectivity index is 1.49. The minimum absolute atomic E-state index is 0.343. The first kappa shape index (κ1) is 15.2. The summed E-state index contributed by atoms with van der Waals surface area (Å²) in [5.74, 6) is 3.52. The maximum absolute atomic E-state index is 4.17. The van der Waals surface area contributed by atoms with Gasteiger partial charge in [-0.1, -0.05) is 49.3 Å². The van der Waals surface area contributed by atoms with E-state index in [-0.39, 0.29) is 0 Å². The molecule has 0 amide bonds. The molecule has 128 valence electrons. The zero-order chi connectivity index (χ0) is 16.5. The average molecular weight is 321 g/mol. The third kappa shape index (κ3) is 1.92. The van der Waals surface area contributed by atoms with Crippen molar-refractivity contribution < 1.29 is 0 Å². The normalized spacial score (nSPS) is 49.2. The molecular weight excluding hydrogens is 288 g/mol. The van der Waals surface area contributed by atoms with E-state index in [0.29, 0.717) is 10.8 Å². The molecule has 0 heterocycles. The SMILES string of the molecule is C=CC1CCC2C3CCC4=CC(=C5CC5)C=CC4(C)C3CCC12C. The van der Waals surface area contributed by atoms with Crippen LogP contribution in [0.2, 0.25) is 0 Å². The van der Waals surface area contributed by atoms with Gasteiger partial charge in [0, 0.05) is 5.41 Å². The van der Waals surface area contributed by atoms with E-state index >= 15 is 0 Å². The van der Waals surface area contributed by atoms with Crippen molar-refractivity contribution in [3.63, 3.8) is 0 Å². The first-order valence-corrected chi connectivity index (χ1v) is 10.3. The molecule has 0 aliphatic heterocycles. The molecule has 6 unspecified atom stereocenters. The summed E-state index contributed by atoms with van der Waals surface area (Å²) in [6, 6.07) is 0. The Labute approximate surface area is 147 Å². The largest absolute Gasteiger partial charge is 0.103 e. The number of fused-ring (bicyclic) bond motifs is 5. The highest BCUT2D eigenvalue weighted by Gasteiger charge is 2.57. The van der Waals surface area contributed by atoms with Gasteiger partial charge in [0.15, 0.2) is 0 Å². The third-order valence-electron chi connectivity index (χ3n) is 8.85. The standard InChI is InChI=1S/C24H32/c1-4-18-8-10-21-20-9-7-19-15-17(16-5-6-16)11-13-24(19,3)22(20)12-14-23(18,21)2/h4,11,13,15,18,20-22H,1,5-10,12,14H2,2-3H3. The lowest BCUT2D eigenvalue weighted by Gasteiger charge is -2.57. The Kier molecular flexibility index (Phi) is 3.17. The fourth-order valence-corrected chi connectivity index (χ4v) is 7.22. The second-order valence-corrected chi connectivity index (χ2v) is 9.72. The molecule has 24 heavy (non-hydrogen) atoms. The molecule has 0 bridgehead atoms. The molecule has 5 rings (SSSR count). The lowest BCUT2D eigenvalue weighted by Crippen LogP contribution is -2.49. The van der Waals surface area contributed by atoms with E-state index in [0.717, 1.165) is 23.7 Å². The maximum atomic E-state index is 4.17. The minimum atomic E-state index is 0.343. The Bertz CT molecular complexity index is 668. The van der Waals surface area contributed by atoms with E-state index in [1.165, 1.54) is 51.4 Å². The van der Waals surface area contributed by atoms with Gasteiger partial charge >= 0.3 is 0 Å². The van der Waals surface area contributed by atoms with Crippen LogP contribution in [0.4, 0.5) is 0 Å². The van der Waals surface area contributed by atoms with Crippen LogP contribution in [0.25, 0.3) is 0 Å². The van der Waals surface area contributed by atoms with Gasteiger partial charge in [0.2, 0.25) is 0 Å². The molecule has 0 saturated heterocycles. The first-order valence-electron chi connectivity index (χ1n) is 10.3. The second-order valence-electron chi connectivity index (χ2n) is 9.72. The molecule has 6 atom stereocenters. The van der Waals surface area contributed by atoms with Gasteiger partial charge in [-0.05, 0) is 86.0 Å². The molecule has 0 aromatic carbocycles. The van der Waals surface area contributed by atoms with Gasteiger partial charge in [0.25, 0.3) is 0 Å². The van der Waals surface area contributed by atoms with Gasteiger partial charge in [-0.2, -0.15) is 0 Å². The molecule has 5 aliphatic carbocycles. The summed E-state index contributed by atoms with van der Waals surface area (Å²) in [4.78, 5) is 0. The quantitative estimate of drug-likeness (QED) is 0.476. The van der Waals surface area contributed by atoms with Crippen LogP contribution >= 0.6 is 0 Å². The van der Waals surface area contributed by atoms with E-state index < -0.39 is 0 Å². The van der Waals surface area contributed by atoms with Crippen LogP contribution in [0.15, 0.2) is 47.6 Å². The van der Waals surface area contributed by atoms with Crippen molar-refractivity contribution in [2.75, 3.05) is 0 Å². The monoisotopic (exact) mass is 320 g/mol. The summed E-state index contributed by atoms with van der Waals surface area (Å²) in [6.07, 6.45) is 21.1. The van der Waals surface area contributed by atoms with E-state index in [2.05, 4.69) is 44.7 Å². The smallest absolute Gasteiger partial charge is 0.0100 e. The maximum Gasteiger partial charge on any atom is 0.0100 e. The topological polar surface area (TPSA) is 0 Å². The highest BCUT2D eigenvalue weighted by atomic mass is 14.6. The van der Waals surface area contributed by atoms with E-state index in [1.807, 2.05) is 0 Å². The number of hydrogen-bond donors (Lipinski definition) is 0. The van der Waals surface area contributed by atoms with Gasteiger partial charge in [0.1, 0.15) is 0 Å². The van der Waals surface area contributed by atoms with Crippen LogP contribution in [0.3, 0.4) is 0 Å². The summed E-state index contributed by atoms with van der Waals surface area (Å²) in [5, 5.41) is 0. The van der Waals surface area contributed by atoms with Crippen LogP contribution in [-0.4, -0.2) is 0 Å². The summed E-state index contributed by atoms with van der Waals surface area (Å²) in [7, 11) is 0. The van der Waals surface area contributed by atoms with Crippen molar-refractivity contribution in [1.82, 2.24) is 0 Å². The third-order valence-corrected chi connectivity index (χ3v) is 8.85. The molecule has 0 N–H and O–H groups in total. The molecule has 0 spiro atoms. The van der Waals surface area contributed by atoms with Crippen molar-refractivity contribution in [1.29, 1.82) is 0 Å². The minimum Gasteiger partial charge on any atom is -0.103 e. The molecule has 4 saturated carbocycles. The Morgan fingerprint density at radius 2 is 1.88 bits per heavy atom. The lowest BCUT2D eigenvalue weighted by molar-refractivity contribution is -0.0261. The van der Waals surface area contributed by atoms with Crippen LogP contribution in [-0.2, 0) is 0 Å². The van der Waals surface area contributed by atoms with Gasteiger partial charge in [-0.25, -0.2) is 0 Å². The molecule has 0 heteroatoms. The molecule has 0 aromatic rings. The number of allylic oxidation sites excluding steroid dienone is 7. The van der Waals surface area contributed by atoms with Crippen molar-refractivity contribution in [3.05, 3.63) is 47.6 Å². The molecule has 5 aliphatic rings. The number of hydrogen-bond acceptors (Lipinski definition) is 0. The zero-order valence-electron chi connectivity index (χ0n) is 15.5. The summed E-state index contributed by atoms with van der Waals surface area (Å²) in [6.45, 7) is 9.32. The molecular formula is C24H32. The lowest BCUT2D eigenvalue weighted by atomic mass is 9.48.